The predicted molar refractivity (Wildman–Crippen MR) is 249 cm³/mol. The third kappa shape index (κ3) is 12.3. The molecule has 25 heteroatoms. The summed E-state index contributed by atoms with van der Waals surface area (Å²) in [6, 6.07) is 9.84. The van der Waals surface area contributed by atoms with Gasteiger partial charge in [0.2, 0.25) is 11.9 Å². The maximum atomic E-state index is 13.8. The van der Waals surface area contributed by atoms with E-state index in [1.54, 1.807) is 50.3 Å². The second kappa shape index (κ2) is 22.8. The number of nitrogens with zero attached hydrogens (tertiary/aromatic N) is 9. The van der Waals surface area contributed by atoms with Crippen LogP contribution >= 0.6 is 11.3 Å². The highest BCUT2D eigenvalue weighted by atomic mass is 32.1. The van der Waals surface area contributed by atoms with Crippen molar-refractivity contribution in [2.24, 2.45) is 10.7 Å². The molecule has 70 heavy (non-hydrogen) atoms. The van der Waals surface area contributed by atoms with Crippen LogP contribution < -0.4 is 25.3 Å². The summed E-state index contributed by atoms with van der Waals surface area (Å²) in [5.74, 6) is -3.89. The van der Waals surface area contributed by atoms with Gasteiger partial charge >= 0.3 is 18.1 Å². The number of hydrogen-bond donors (Lipinski definition) is 3. The molecule has 0 atom stereocenters. The van der Waals surface area contributed by atoms with Crippen molar-refractivity contribution in [3.63, 3.8) is 0 Å². The molecular weight excluding hydrogens is 944 g/mol. The van der Waals surface area contributed by atoms with Crippen LogP contribution in [0.5, 0.6) is 11.5 Å². The van der Waals surface area contributed by atoms with Crippen LogP contribution in [0.4, 0.5) is 19.1 Å². The van der Waals surface area contributed by atoms with E-state index in [0.717, 1.165) is 19.6 Å². The van der Waals surface area contributed by atoms with Crippen molar-refractivity contribution < 1.29 is 61.2 Å². The van der Waals surface area contributed by atoms with E-state index in [0.29, 0.717) is 99.7 Å². The number of fused-ring (bicyclic) bond motifs is 2. The first-order valence-electron chi connectivity index (χ1n) is 21.9. The zero-order chi connectivity index (χ0) is 50.9. The number of carboxylic acid groups (broad SMARTS) is 1. The van der Waals surface area contributed by atoms with E-state index in [2.05, 4.69) is 25.4 Å². The minimum atomic E-state index is -5.08. The quantitative estimate of drug-likeness (QED) is 0.0619. The van der Waals surface area contributed by atoms with Gasteiger partial charge in [0.15, 0.2) is 4.80 Å². The second-order valence-corrected chi connectivity index (χ2v) is 16.5. The van der Waals surface area contributed by atoms with Crippen LogP contribution in [0, 0.1) is 13.8 Å². The number of aromatic nitrogens is 7. The Balaban J connectivity index is 0.00000107. The van der Waals surface area contributed by atoms with Gasteiger partial charge in [0.05, 0.1) is 61.2 Å². The number of carboxylic acids is 1. The van der Waals surface area contributed by atoms with E-state index in [4.69, 9.17) is 39.6 Å². The van der Waals surface area contributed by atoms with Gasteiger partial charge in [0.25, 0.3) is 11.8 Å². The number of halogens is 3. The molecule has 6 aromatic rings. The second-order valence-electron chi connectivity index (χ2n) is 15.5. The lowest BCUT2D eigenvalue weighted by molar-refractivity contribution is -0.192. The summed E-state index contributed by atoms with van der Waals surface area (Å²) in [5.41, 5.74) is 9.89. The monoisotopic (exact) mass is 995 g/mol. The number of benzene rings is 2. The standard InChI is InChI=1S/C43H51N11O8S.C2HF3O2/c1-7-53-31(20-26(3)48-53)39(56)46-42-45-30-22-28(38(44)55)23-34(62-17-11-12-50-15-18-61-19-16-50)36(30)51(42)13-9-10-14-52-37-33(59-5)24-29(41(58)60-6)25-35(37)63-43(52)47-40(57)32-21-27(4)49-54(32)8-2;3-2(4,5)1(6)7/h9-10,20-25H,7-8,11-19H2,1-6H3,(H2,44,55)(H,45,46,56);(H,6,7)/b10-9+,47-43-;. The lowest BCUT2D eigenvalue weighted by Crippen LogP contribution is -2.37. The van der Waals surface area contributed by atoms with E-state index in [-0.39, 0.29) is 30.2 Å². The van der Waals surface area contributed by atoms with Crippen molar-refractivity contribution in [2.45, 2.75) is 66.5 Å². The molecule has 2 aromatic carbocycles. The van der Waals surface area contributed by atoms with Crippen LogP contribution in [0.2, 0.25) is 0 Å². The van der Waals surface area contributed by atoms with E-state index < -0.39 is 35.8 Å². The van der Waals surface area contributed by atoms with Crippen LogP contribution in [0.3, 0.4) is 0 Å². The SMILES string of the molecule is CCn1nc(C)cc1C(=O)/N=c1\sc2cc(C(=O)OC)cc(OC)c2n1C/C=C/Cn1c(NC(=O)c2cc(C)nn2CC)nc2cc(C(N)=O)cc(OCCCN3CCOCC3)c21.O=C(O)C(F)(F)F. The van der Waals surface area contributed by atoms with Gasteiger partial charge in [0.1, 0.15) is 33.9 Å². The number of carbonyl (C=O) groups excluding carboxylic acids is 4. The van der Waals surface area contributed by atoms with Gasteiger partial charge in [-0.15, -0.1) is 0 Å². The minimum Gasteiger partial charge on any atom is -0.494 e. The van der Waals surface area contributed by atoms with Crippen LogP contribution in [-0.2, 0) is 40.4 Å². The molecule has 1 fully saturated rings. The zero-order valence-electron chi connectivity index (χ0n) is 39.2. The number of ether oxygens (including phenoxy) is 4. The molecule has 3 amide bonds. The third-order valence-electron chi connectivity index (χ3n) is 10.7. The number of carbonyl (C=O) groups is 5. The molecule has 374 valence electrons. The van der Waals surface area contributed by atoms with Crippen molar-refractivity contribution in [2.75, 3.05) is 59.0 Å². The molecule has 1 aliphatic heterocycles. The Hall–Kier alpha value is -7.38. The first kappa shape index (κ1) is 52.0. The molecule has 0 saturated carbocycles. The van der Waals surface area contributed by atoms with Gasteiger partial charge in [-0.05, 0) is 70.5 Å². The average Bonchev–Trinajstić information content (AvgIpc) is 4.10. The zero-order valence-corrected chi connectivity index (χ0v) is 40.0. The van der Waals surface area contributed by atoms with Gasteiger partial charge in [-0.25, -0.2) is 14.6 Å². The van der Waals surface area contributed by atoms with Crippen LogP contribution in [0.25, 0.3) is 21.3 Å². The van der Waals surface area contributed by atoms with E-state index in [1.807, 2.05) is 44.4 Å². The highest BCUT2D eigenvalue weighted by molar-refractivity contribution is 7.16. The molecule has 1 saturated heterocycles. The summed E-state index contributed by atoms with van der Waals surface area (Å²) >= 11 is 1.22. The van der Waals surface area contributed by atoms with Crippen molar-refractivity contribution in [1.29, 1.82) is 0 Å². The molecule has 5 heterocycles. The third-order valence-corrected chi connectivity index (χ3v) is 11.7. The number of imidazole rings is 1. The first-order chi connectivity index (χ1) is 33.4. The molecule has 4 N–H and O–H groups in total. The topological polar surface area (TPSA) is 255 Å². The number of amides is 3. The number of alkyl halides is 3. The maximum absolute atomic E-state index is 13.8. The number of aryl methyl sites for hydroxylation is 4. The molecule has 0 bridgehead atoms. The Kier molecular flexibility index (Phi) is 16.9. The fourth-order valence-corrected chi connectivity index (χ4v) is 8.56. The van der Waals surface area contributed by atoms with Crippen molar-refractivity contribution in [3.8, 4) is 11.5 Å². The summed E-state index contributed by atoms with van der Waals surface area (Å²) < 4.78 is 61.9. The Morgan fingerprint density at radius 1 is 0.886 bits per heavy atom. The van der Waals surface area contributed by atoms with Gasteiger partial charge in [-0.1, -0.05) is 23.5 Å². The first-order valence-corrected chi connectivity index (χ1v) is 22.7. The summed E-state index contributed by atoms with van der Waals surface area (Å²) in [4.78, 5) is 73.7. The lowest BCUT2D eigenvalue weighted by Gasteiger charge is -2.26. The molecule has 0 spiro atoms. The summed E-state index contributed by atoms with van der Waals surface area (Å²) in [7, 11) is 2.80. The van der Waals surface area contributed by atoms with Gasteiger partial charge < -0.3 is 38.9 Å². The normalized spacial score (nSPS) is 13.4. The van der Waals surface area contributed by atoms with Crippen molar-refractivity contribution in [1.82, 2.24) is 38.6 Å². The number of thiazole rings is 1. The molecule has 1 aliphatic rings. The fraction of sp³-hybridized carbons (Fsp3) is 0.400. The number of morpholine rings is 1. The number of nitrogens with one attached hydrogen (secondary N) is 1. The molecule has 4 aromatic heterocycles. The minimum absolute atomic E-state index is 0.185. The largest absolute Gasteiger partial charge is 0.494 e. The Morgan fingerprint density at radius 2 is 1.50 bits per heavy atom. The van der Waals surface area contributed by atoms with Gasteiger partial charge in [-0.2, -0.15) is 28.4 Å². The number of allylic oxidation sites excluding steroid dienone is 2. The molecular formula is C45H52F3N11O10S. The average molecular weight is 996 g/mol. The Bertz CT molecular complexity index is 3020. The maximum Gasteiger partial charge on any atom is 0.490 e. The smallest absolute Gasteiger partial charge is 0.490 e. The highest BCUT2D eigenvalue weighted by Crippen LogP contribution is 2.33. The number of primary amides is 1. The molecule has 0 unspecified atom stereocenters. The predicted octanol–water partition coefficient (Wildman–Crippen LogP) is 4.98. The molecule has 21 nitrogen and oxygen atoms in total. The number of esters is 1. The summed E-state index contributed by atoms with van der Waals surface area (Å²) in [6.45, 7) is 13.0. The lowest BCUT2D eigenvalue weighted by atomic mass is 10.1. The van der Waals surface area contributed by atoms with Gasteiger partial charge in [0, 0.05) is 51.4 Å². The number of anilines is 1. The van der Waals surface area contributed by atoms with Crippen LogP contribution in [0.15, 0.2) is 53.5 Å². The number of hydrogen-bond acceptors (Lipinski definition) is 14. The number of aliphatic carboxylic acids is 1. The Morgan fingerprint density at radius 3 is 2.10 bits per heavy atom. The highest BCUT2D eigenvalue weighted by Gasteiger charge is 2.38. The molecule has 0 aliphatic carbocycles. The molecule has 7 rings (SSSR count). The number of nitrogens with two attached hydrogens (primary N) is 1. The molecule has 0 radical (unpaired) electrons. The number of methoxy groups -OCH3 is 2. The number of rotatable bonds is 17. The van der Waals surface area contributed by atoms with Gasteiger partial charge in [-0.3, -0.25) is 34.0 Å². The van der Waals surface area contributed by atoms with Crippen molar-refractivity contribution >= 4 is 68.2 Å². The van der Waals surface area contributed by atoms with Crippen LogP contribution in [-0.4, -0.2) is 133 Å². The van der Waals surface area contributed by atoms with Crippen LogP contribution in [0.1, 0.15) is 73.3 Å². The summed E-state index contributed by atoms with van der Waals surface area (Å²) in [6.07, 6.45) is -0.599. The summed E-state index contributed by atoms with van der Waals surface area (Å²) in [5, 5.41) is 18.9. The van der Waals surface area contributed by atoms with E-state index in [1.165, 1.54) is 25.6 Å². The van der Waals surface area contributed by atoms with E-state index in [9.17, 15) is 32.3 Å². The van der Waals surface area contributed by atoms with E-state index >= 15 is 0 Å². The fourth-order valence-electron chi connectivity index (χ4n) is 7.47. The van der Waals surface area contributed by atoms with Crippen molar-refractivity contribution in [3.05, 3.63) is 87.3 Å². The Labute approximate surface area is 401 Å².